The maximum Gasteiger partial charge on any atom is 0.335 e. The first-order valence-corrected chi connectivity index (χ1v) is 17.5. The number of nitrogens with zero attached hydrogens (tertiary/aromatic N) is 7. The van der Waals surface area contributed by atoms with E-state index in [1.807, 2.05) is 58.0 Å². The highest BCUT2D eigenvalue weighted by Gasteiger charge is 2.37. The van der Waals surface area contributed by atoms with Gasteiger partial charge in [0.25, 0.3) is 0 Å². The van der Waals surface area contributed by atoms with Crippen LogP contribution < -0.4 is 25.6 Å². The number of likely N-dealkylation sites (N-methyl/N-ethyl adjacent to an activating group) is 1. The maximum absolute atomic E-state index is 14.3. The van der Waals surface area contributed by atoms with Crippen molar-refractivity contribution in [2.75, 3.05) is 74.3 Å². The first-order valence-electron chi connectivity index (χ1n) is 17.5. The van der Waals surface area contributed by atoms with Gasteiger partial charge in [-0.3, -0.25) is 14.6 Å². The van der Waals surface area contributed by atoms with Gasteiger partial charge in [-0.05, 0) is 75.7 Å². The Labute approximate surface area is 301 Å². The molecule has 3 N–H and O–H groups in total. The molecule has 12 heteroatoms. The van der Waals surface area contributed by atoms with Crippen LogP contribution in [0, 0.1) is 13.8 Å². The molecule has 0 radical (unpaired) electrons. The van der Waals surface area contributed by atoms with E-state index in [4.69, 9.17) is 15.5 Å². The minimum atomic E-state index is -0.231. The van der Waals surface area contributed by atoms with E-state index in [0.717, 1.165) is 73.9 Å². The molecule has 2 aliphatic heterocycles. The summed E-state index contributed by atoms with van der Waals surface area (Å²) in [5, 5.41) is 3.33. The second-order valence-corrected chi connectivity index (χ2v) is 13.0. The molecule has 1 fully saturated rings. The van der Waals surface area contributed by atoms with Crippen LogP contribution in [0.1, 0.15) is 43.0 Å². The molecule has 0 saturated carbocycles. The number of amides is 3. The second kappa shape index (κ2) is 16.7. The van der Waals surface area contributed by atoms with Crippen molar-refractivity contribution in [1.82, 2.24) is 24.7 Å². The predicted molar refractivity (Wildman–Crippen MR) is 205 cm³/mol. The van der Waals surface area contributed by atoms with Crippen molar-refractivity contribution in [2.45, 2.75) is 47.7 Å². The lowest BCUT2D eigenvalue weighted by molar-refractivity contribution is -0.128. The number of carbonyl (C=O) groups is 2. The first kappa shape index (κ1) is 37.1. The zero-order valence-electron chi connectivity index (χ0n) is 30.9. The average Bonchev–Trinajstić information content (AvgIpc) is 3.11. The Kier molecular flexibility index (Phi) is 12.1. The van der Waals surface area contributed by atoms with Crippen LogP contribution in [0.2, 0.25) is 0 Å². The summed E-state index contributed by atoms with van der Waals surface area (Å²) in [4.78, 5) is 44.3. The number of anilines is 6. The van der Waals surface area contributed by atoms with E-state index in [0.29, 0.717) is 35.4 Å². The summed E-state index contributed by atoms with van der Waals surface area (Å²) in [5.41, 5.74) is 13.0. The lowest BCUT2D eigenvalue weighted by atomic mass is 10.1. The van der Waals surface area contributed by atoms with Crippen LogP contribution in [-0.2, 0) is 17.9 Å². The lowest BCUT2D eigenvalue weighted by Gasteiger charge is -2.37. The fraction of sp³-hybridized carbons (Fsp3) is 0.385. The normalized spacial score (nSPS) is 14.8. The summed E-state index contributed by atoms with van der Waals surface area (Å²) in [5.74, 6) is 1.54. The van der Waals surface area contributed by atoms with Gasteiger partial charge >= 0.3 is 6.03 Å². The molecule has 51 heavy (non-hydrogen) atoms. The molecule has 270 valence electrons. The zero-order chi connectivity index (χ0) is 36.7. The minimum absolute atomic E-state index is 0.162. The SMILES string of the molecule is CCN(CC)C(C)=O.COc1cc(N)ccc1N1C(=O)N(c2c(C)cccc2C)Cc2cnc(Nc3ccc(CN4CCN(C)CC4)cc3)nc21. The Hall–Kier alpha value is -5.20. The van der Waals surface area contributed by atoms with Crippen LogP contribution in [0.4, 0.5) is 39.3 Å². The molecule has 12 nitrogen and oxygen atoms in total. The number of hydrogen-bond acceptors (Lipinski definition) is 9. The number of methoxy groups -OCH3 is 1. The summed E-state index contributed by atoms with van der Waals surface area (Å²) in [6, 6.07) is 19.4. The summed E-state index contributed by atoms with van der Waals surface area (Å²) < 4.78 is 5.67. The van der Waals surface area contributed by atoms with Crippen LogP contribution >= 0.6 is 0 Å². The number of benzene rings is 3. The number of carbonyl (C=O) groups excluding carboxylic acids is 2. The highest BCUT2D eigenvalue weighted by molar-refractivity contribution is 6.11. The van der Waals surface area contributed by atoms with Gasteiger partial charge in [0.1, 0.15) is 5.75 Å². The van der Waals surface area contributed by atoms with E-state index < -0.39 is 0 Å². The van der Waals surface area contributed by atoms with Gasteiger partial charge < -0.3 is 25.6 Å². The number of ether oxygens (including phenoxy) is 1. The molecule has 0 bridgehead atoms. The molecule has 1 saturated heterocycles. The third kappa shape index (κ3) is 8.76. The maximum atomic E-state index is 14.3. The largest absolute Gasteiger partial charge is 0.494 e. The summed E-state index contributed by atoms with van der Waals surface area (Å²) >= 11 is 0. The number of aryl methyl sites for hydroxylation is 2. The molecule has 4 aromatic rings. The molecule has 0 atom stereocenters. The highest BCUT2D eigenvalue weighted by atomic mass is 16.5. The van der Waals surface area contributed by atoms with Gasteiger partial charge in [0.05, 0.1) is 25.0 Å². The standard InChI is InChI=1S/C33H38N8O2.C6H13NO/c1-22-6-5-7-23(2)30(22)40-21-25-19-35-32(36-27-11-8-24(9-12-27)20-39-16-14-38(3)15-17-39)37-31(25)41(33(40)42)28-13-10-26(34)18-29(28)43-4;1-4-7(5-2)6(3)8/h5-13,18-19H,14-17,20-21,34H2,1-4H3,(H,35,36,37);4-5H2,1-3H3. The van der Waals surface area contributed by atoms with Crippen LogP contribution in [-0.4, -0.2) is 90.0 Å². The van der Waals surface area contributed by atoms with Gasteiger partial charge in [0, 0.05) is 81.9 Å². The summed E-state index contributed by atoms with van der Waals surface area (Å²) in [6.45, 7) is 16.8. The number of urea groups is 1. The van der Waals surface area contributed by atoms with Crippen LogP contribution in [0.15, 0.2) is 66.9 Å². The van der Waals surface area contributed by atoms with Gasteiger partial charge in [-0.15, -0.1) is 0 Å². The monoisotopic (exact) mass is 693 g/mol. The molecule has 1 aromatic heterocycles. The number of piperazine rings is 1. The highest BCUT2D eigenvalue weighted by Crippen LogP contribution is 2.42. The van der Waals surface area contributed by atoms with E-state index in [1.165, 1.54) is 5.56 Å². The molecule has 3 heterocycles. The Bertz CT molecular complexity index is 1800. The minimum Gasteiger partial charge on any atom is -0.494 e. The molecule has 6 rings (SSSR count). The van der Waals surface area contributed by atoms with Crippen molar-refractivity contribution < 1.29 is 14.3 Å². The smallest absolute Gasteiger partial charge is 0.335 e. The topological polar surface area (TPSA) is 123 Å². The molecule has 0 spiro atoms. The first-order chi connectivity index (χ1) is 24.5. The van der Waals surface area contributed by atoms with E-state index in [2.05, 4.69) is 39.3 Å². The fourth-order valence-electron chi connectivity index (χ4n) is 6.47. The third-order valence-corrected chi connectivity index (χ3v) is 9.38. The number of nitrogen functional groups attached to an aromatic ring is 1. The van der Waals surface area contributed by atoms with E-state index in [1.54, 1.807) is 53.1 Å². The molecular weight excluding hydrogens is 642 g/mol. The number of nitrogens with one attached hydrogen (secondary N) is 1. The number of aromatic nitrogens is 2. The van der Waals surface area contributed by atoms with Crippen molar-refractivity contribution >= 4 is 46.5 Å². The fourth-order valence-corrected chi connectivity index (χ4v) is 6.47. The molecule has 3 amide bonds. The van der Waals surface area contributed by atoms with Crippen molar-refractivity contribution in [3.8, 4) is 5.75 Å². The molecular formula is C39H51N9O3. The molecule has 2 aliphatic rings. The Balaban J connectivity index is 0.000000565. The Morgan fingerprint density at radius 1 is 0.980 bits per heavy atom. The number of para-hydroxylation sites is 1. The van der Waals surface area contributed by atoms with Crippen LogP contribution in [0.5, 0.6) is 5.75 Å². The van der Waals surface area contributed by atoms with Crippen molar-refractivity contribution in [2.24, 2.45) is 0 Å². The van der Waals surface area contributed by atoms with Crippen LogP contribution in [0.3, 0.4) is 0 Å². The Morgan fingerprint density at radius 3 is 2.24 bits per heavy atom. The van der Waals surface area contributed by atoms with Gasteiger partial charge in [0.2, 0.25) is 11.9 Å². The van der Waals surface area contributed by atoms with E-state index >= 15 is 0 Å². The Morgan fingerprint density at radius 2 is 1.65 bits per heavy atom. The van der Waals surface area contributed by atoms with Crippen molar-refractivity contribution in [3.05, 3.63) is 89.1 Å². The number of rotatable bonds is 9. The third-order valence-electron chi connectivity index (χ3n) is 9.38. The molecule has 0 aliphatic carbocycles. The predicted octanol–water partition coefficient (Wildman–Crippen LogP) is 6.33. The van der Waals surface area contributed by atoms with Gasteiger partial charge in [-0.25, -0.2) is 14.7 Å². The second-order valence-electron chi connectivity index (χ2n) is 13.0. The number of nitrogens with two attached hydrogens (primary N) is 1. The molecule has 3 aromatic carbocycles. The summed E-state index contributed by atoms with van der Waals surface area (Å²) in [7, 11) is 3.74. The van der Waals surface area contributed by atoms with Gasteiger partial charge in [-0.2, -0.15) is 4.98 Å². The van der Waals surface area contributed by atoms with E-state index in [9.17, 15) is 9.59 Å². The number of hydrogen-bond donors (Lipinski definition) is 2. The molecule has 0 unspecified atom stereocenters. The van der Waals surface area contributed by atoms with Crippen molar-refractivity contribution in [3.63, 3.8) is 0 Å². The zero-order valence-corrected chi connectivity index (χ0v) is 30.9. The van der Waals surface area contributed by atoms with Crippen molar-refractivity contribution in [1.29, 1.82) is 0 Å². The van der Waals surface area contributed by atoms with Crippen LogP contribution in [0.25, 0.3) is 0 Å². The van der Waals surface area contributed by atoms with E-state index in [-0.39, 0.29) is 11.9 Å². The summed E-state index contributed by atoms with van der Waals surface area (Å²) in [6.07, 6.45) is 1.79. The average molecular weight is 694 g/mol. The quantitative estimate of drug-likeness (QED) is 0.194. The lowest BCUT2D eigenvalue weighted by Crippen LogP contribution is -2.46. The van der Waals surface area contributed by atoms with Gasteiger partial charge in [-0.1, -0.05) is 30.3 Å². The van der Waals surface area contributed by atoms with Gasteiger partial charge in [0.15, 0.2) is 5.82 Å². The number of fused-ring (bicyclic) bond motifs is 1.